The second-order valence-corrected chi connectivity index (χ2v) is 4.11. The molecule has 1 aliphatic rings. The smallest absolute Gasteiger partial charge is 0.333 e. The summed E-state index contributed by atoms with van der Waals surface area (Å²) in [5, 5.41) is 15.9. The van der Waals surface area contributed by atoms with E-state index in [1.54, 1.807) is 6.92 Å². The van der Waals surface area contributed by atoms with Gasteiger partial charge in [-0.15, -0.1) is 0 Å². The Morgan fingerprint density at radius 2 is 2.37 bits per heavy atom. The van der Waals surface area contributed by atoms with Crippen LogP contribution in [0.1, 0.15) is 20.3 Å². The van der Waals surface area contributed by atoms with Gasteiger partial charge in [0.05, 0.1) is 24.8 Å². The summed E-state index contributed by atoms with van der Waals surface area (Å²) in [7, 11) is 0. The van der Waals surface area contributed by atoms with E-state index in [0.29, 0.717) is 0 Å². The first kappa shape index (κ1) is 15.0. The molecule has 0 fully saturated rings. The van der Waals surface area contributed by atoms with Gasteiger partial charge in [-0.05, 0) is 25.0 Å². The number of hydrogen-bond acceptors (Lipinski definition) is 5. The highest BCUT2D eigenvalue weighted by Crippen LogP contribution is 2.23. The van der Waals surface area contributed by atoms with Crippen LogP contribution >= 0.6 is 0 Å². The zero-order valence-electron chi connectivity index (χ0n) is 10.7. The predicted octanol–water partition coefficient (Wildman–Crippen LogP) is 0.424. The molecule has 1 aliphatic carbocycles. The molecule has 0 bridgehead atoms. The summed E-state index contributed by atoms with van der Waals surface area (Å²) >= 11 is 0. The van der Waals surface area contributed by atoms with Crippen LogP contribution in [0.15, 0.2) is 16.8 Å². The van der Waals surface area contributed by atoms with Gasteiger partial charge in [0.1, 0.15) is 0 Å². The molecule has 19 heavy (non-hydrogen) atoms. The van der Waals surface area contributed by atoms with Crippen molar-refractivity contribution in [2.24, 2.45) is 5.11 Å². The highest BCUT2D eigenvalue weighted by molar-refractivity contribution is 5.89. The minimum atomic E-state index is -1.10. The molecule has 0 unspecified atom stereocenters. The summed E-state index contributed by atoms with van der Waals surface area (Å²) in [6.45, 7) is 3.18. The van der Waals surface area contributed by atoms with E-state index < -0.39 is 24.2 Å². The van der Waals surface area contributed by atoms with E-state index in [4.69, 9.17) is 10.3 Å². The van der Waals surface area contributed by atoms with Crippen molar-refractivity contribution in [3.63, 3.8) is 0 Å². The molecule has 0 saturated carbocycles. The maximum atomic E-state index is 11.6. The van der Waals surface area contributed by atoms with Crippen LogP contribution in [0.3, 0.4) is 0 Å². The van der Waals surface area contributed by atoms with Crippen LogP contribution in [-0.2, 0) is 14.3 Å². The Labute approximate surface area is 110 Å². The van der Waals surface area contributed by atoms with Gasteiger partial charge >= 0.3 is 5.97 Å². The highest BCUT2D eigenvalue weighted by atomic mass is 16.5. The SMILES string of the molecule is CCOC(=O)C1=C[C@H](O)[C@H](NC(C)=O)[C@@H](N=[N+]=[N-])C1. The van der Waals surface area contributed by atoms with Crippen molar-refractivity contribution in [2.75, 3.05) is 6.61 Å². The molecule has 0 saturated heterocycles. The number of hydrogen-bond donors (Lipinski definition) is 2. The van der Waals surface area contributed by atoms with Crippen molar-refractivity contribution in [3.05, 3.63) is 22.1 Å². The van der Waals surface area contributed by atoms with E-state index in [2.05, 4.69) is 15.3 Å². The molecular formula is C11H16N4O4. The fraction of sp³-hybridized carbons (Fsp3) is 0.636. The molecular weight excluding hydrogens is 252 g/mol. The van der Waals surface area contributed by atoms with Crippen LogP contribution in [0.25, 0.3) is 10.4 Å². The first-order valence-corrected chi connectivity index (χ1v) is 5.86. The third-order valence-electron chi connectivity index (χ3n) is 2.69. The lowest BCUT2D eigenvalue weighted by atomic mass is 9.88. The van der Waals surface area contributed by atoms with E-state index >= 15 is 0 Å². The van der Waals surface area contributed by atoms with Crippen molar-refractivity contribution in [2.45, 2.75) is 38.5 Å². The number of nitrogens with zero attached hydrogens (tertiary/aromatic N) is 3. The molecule has 0 spiro atoms. The Kier molecular flexibility index (Phi) is 5.35. The fourth-order valence-corrected chi connectivity index (χ4v) is 1.93. The zero-order valence-corrected chi connectivity index (χ0v) is 10.7. The molecule has 0 aromatic carbocycles. The molecule has 0 aromatic rings. The summed E-state index contributed by atoms with van der Waals surface area (Å²) < 4.78 is 4.83. The second-order valence-electron chi connectivity index (χ2n) is 4.11. The lowest BCUT2D eigenvalue weighted by Gasteiger charge is -2.31. The Bertz CT molecular complexity index is 442. The summed E-state index contributed by atoms with van der Waals surface area (Å²) in [5.74, 6) is -0.906. The topological polar surface area (TPSA) is 124 Å². The first-order chi connectivity index (χ1) is 8.99. The predicted molar refractivity (Wildman–Crippen MR) is 65.9 cm³/mol. The summed E-state index contributed by atoms with van der Waals surface area (Å²) in [6, 6.07) is -1.47. The van der Waals surface area contributed by atoms with E-state index in [1.807, 2.05) is 0 Å². The van der Waals surface area contributed by atoms with Gasteiger partial charge in [-0.25, -0.2) is 4.79 Å². The van der Waals surface area contributed by atoms with Gasteiger partial charge in [-0.1, -0.05) is 5.11 Å². The maximum absolute atomic E-state index is 11.6. The van der Waals surface area contributed by atoms with Crippen LogP contribution in [0, 0.1) is 0 Å². The third kappa shape index (κ3) is 3.97. The van der Waals surface area contributed by atoms with Gasteiger partial charge < -0.3 is 15.2 Å². The van der Waals surface area contributed by atoms with Crippen molar-refractivity contribution < 1.29 is 19.4 Å². The van der Waals surface area contributed by atoms with Gasteiger partial charge in [0.15, 0.2) is 0 Å². The Balaban J connectivity index is 2.95. The number of amides is 1. The minimum absolute atomic E-state index is 0.116. The molecule has 3 atom stereocenters. The van der Waals surface area contributed by atoms with Gasteiger partial charge in [-0.2, -0.15) is 0 Å². The summed E-state index contributed by atoms with van der Waals surface area (Å²) in [4.78, 5) is 25.3. The Hall–Kier alpha value is -2.05. The lowest BCUT2D eigenvalue weighted by molar-refractivity contribution is -0.139. The van der Waals surface area contributed by atoms with Crippen molar-refractivity contribution >= 4 is 11.9 Å². The molecule has 0 heterocycles. The third-order valence-corrected chi connectivity index (χ3v) is 2.69. The molecule has 8 heteroatoms. The second kappa shape index (κ2) is 6.77. The number of aliphatic hydroxyl groups is 1. The van der Waals surface area contributed by atoms with Crippen LogP contribution in [0.5, 0.6) is 0 Å². The number of esters is 1. The number of nitrogens with one attached hydrogen (secondary N) is 1. The summed E-state index contributed by atoms with van der Waals surface area (Å²) in [6.07, 6.45) is 0.333. The fourth-order valence-electron chi connectivity index (χ4n) is 1.93. The minimum Gasteiger partial charge on any atom is -0.463 e. The van der Waals surface area contributed by atoms with Gasteiger partial charge in [0.2, 0.25) is 5.91 Å². The number of ether oxygens (including phenoxy) is 1. The average molecular weight is 268 g/mol. The molecule has 0 aromatic heterocycles. The highest BCUT2D eigenvalue weighted by Gasteiger charge is 2.34. The zero-order chi connectivity index (χ0) is 14.4. The van der Waals surface area contributed by atoms with Crippen molar-refractivity contribution in [1.82, 2.24) is 5.32 Å². The lowest BCUT2D eigenvalue weighted by Crippen LogP contribution is -2.51. The normalized spacial score (nSPS) is 25.8. The van der Waals surface area contributed by atoms with Gasteiger partial charge in [-0.3, -0.25) is 4.79 Å². The quantitative estimate of drug-likeness (QED) is 0.332. The molecule has 1 amide bonds. The van der Waals surface area contributed by atoms with Gasteiger partial charge in [0, 0.05) is 17.4 Å². The monoisotopic (exact) mass is 268 g/mol. The molecule has 0 aliphatic heterocycles. The number of azide groups is 1. The number of carbonyl (C=O) groups excluding carboxylic acids is 2. The molecule has 0 radical (unpaired) electrons. The van der Waals surface area contributed by atoms with Crippen LogP contribution in [0.2, 0.25) is 0 Å². The molecule has 1 rings (SSSR count). The standard InChI is InChI=1S/C11H16N4O4/c1-3-19-11(18)7-4-8(14-15-12)10(9(17)5-7)13-6(2)16/h5,8-10,17H,3-4H2,1-2H3,(H,13,16)/t8-,9-,10+/m0/s1. The van der Waals surface area contributed by atoms with E-state index in [9.17, 15) is 14.7 Å². The molecule has 2 N–H and O–H groups in total. The Morgan fingerprint density at radius 3 is 2.89 bits per heavy atom. The van der Waals surface area contributed by atoms with E-state index in [1.165, 1.54) is 13.0 Å². The van der Waals surface area contributed by atoms with Crippen molar-refractivity contribution in [3.8, 4) is 0 Å². The number of aliphatic hydroxyl groups excluding tert-OH is 1. The van der Waals surface area contributed by atoms with Crippen molar-refractivity contribution in [1.29, 1.82) is 0 Å². The Morgan fingerprint density at radius 1 is 1.68 bits per heavy atom. The average Bonchev–Trinajstić information content (AvgIpc) is 2.33. The maximum Gasteiger partial charge on any atom is 0.333 e. The summed E-state index contributed by atoms with van der Waals surface area (Å²) in [5.41, 5.74) is 8.76. The van der Waals surface area contributed by atoms with E-state index in [0.717, 1.165) is 0 Å². The number of carbonyl (C=O) groups is 2. The number of rotatable bonds is 4. The molecule has 8 nitrogen and oxygen atoms in total. The first-order valence-electron chi connectivity index (χ1n) is 5.86. The molecule has 104 valence electrons. The van der Waals surface area contributed by atoms with Gasteiger partial charge in [0.25, 0.3) is 0 Å². The van der Waals surface area contributed by atoms with Crippen LogP contribution in [-0.4, -0.2) is 41.8 Å². The largest absolute Gasteiger partial charge is 0.463 e. The van der Waals surface area contributed by atoms with Crippen LogP contribution < -0.4 is 5.32 Å². The van der Waals surface area contributed by atoms with E-state index in [-0.39, 0.29) is 24.5 Å². The van der Waals surface area contributed by atoms with Crippen LogP contribution in [0.4, 0.5) is 0 Å².